The smallest absolute Gasteiger partial charge is 0.159 e. The SMILES string of the molecule is COCCNCc1cc(C)nc(-c2ccccc2)n1. The van der Waals surface area contributed by atoms with Gasteiger partial charge in [0, 0.05) is 31.5 Å². The Morgan fingerprint density at radius 1 is 1.16 bits per heavy atom. The van der Waals surface area contributed by atoms with E-state index in [2.05, 4.69) is 15.3 Å². The van der Waals surface area contributed by atoms with Crippen LogP contribution in [0.3, 0.4) is 0 Å². The van der Waals surface area contributed by atoms with E-state index in [9.17, 15) is 0 Å². The third-order valence-corrected chi connectivity index (χ3v) is 2.73. The molecule has 1 N–H and O–H groups in total. The van der Waals surface area contributed by atoms with Crippen LogP contribution in [0.25, 0.3) is 11.4 Å². The van der Waals surface area contributed by atoms with Crippen LogP contribution < -0.4 is 5.32 Å². The summed E-state index contributed by atoms with van der Waals surface area (Å²) >= 11 is 0. The van der Waals surface area contributed by atoms with Crippen molar-refractivity contribution in [3.8, 4) is 11.4 Å². The van der Waals surface area contributed by atoms with E-state index in [1.807, 2.05) is 43.3 Å². The van der Waals surface area contributed by atoms with Crippen LogP contribution in [-0.2, 0) is 11.3 Å². The van der Waals surface area contributed by atoms with E-state index >= 15 is 0 Å². The van der Waals surface area contributed by atoms with Crippen molar-refractivity contribution in [3.63, 3.8) is 0 Å². The highest BCUT2D eigenvalue weighted by Gasteiger charge is 2.04. The zero-order chi connectivity index (χ0) is 13.5. The van der Waals surface area contributed by atoms with Gasteiger partial charge in [-0.15, -0.1) is 0 Å². The maximum absolute atomic E-state index is 5.00. The number of hydrogen-bond donors (Lipinski definition) is 1. The number of aromatic nitrogens is 2. The molecule has 0 fully saturated rings. The van der Waals surface area contributed by atoms with Crippen LogP contribution in [0.2, 0.25) is 0 Å². The Bertz CT molecular complexity index is 514. The van der Waals surface area contributed by atoms with E-state index in [1.54, 1.807) is 7.11 Å². The van der Waals surface area contributed by atoms with E-state index in [-0.39, 0.29) is 0 Å². The molecule has 0 bridgehead atoms. The maximum Gasteiger partial charge on any atom is 0.159 e. The van der Waals surface area contributed by atoms with Crippen molar-refractivity contribution in [2.75, 3.05) is 20.3 Å². The van der Waals surface area contributed by atoms with Crippen molar-refractivity contribution in [2.24, 2.45) is 0 Å². The zero-order valence-corrected chi connectivity index (χ0v) is 11.4. The highest BCUT2D eigenvalue weighted by molar-refractivity contribution is 5.54. The summed E-state index contributed by atoms with van der Waals surface area (Å²) in [6.07, 6.45) is 0. The lowest BCUT2D eigenvalue weighted by molar-refractivity contribution is 0.199. The first-order valence-corrected chi connectivity index (χ1v) is 6.39. The summed E-state index contributed by atoms with van der Waals surface area (Å²) in [5, 5.41) is 3.29. The molecule has 2 rings (SSSR count). The van der Waals surface area contributed by atoms with E-state index in [0.29, 0.717) is 6.61 Å². The summed E-state index contributed by atoms with van der Waals surface area (Å²) in [5.74, 6) is 0.782. The van der Waals surface area contributed by atoms with Crippen LogP contribution in [0.1, 0.15) is 11.4 Å². The molecule has 100 valence electrons. The molecule has 0 radical (unpaired) electrons. The number of nitrogens with zero attached hydrogens (tertiary/aromatic N) is 2. The molecule has 0 aliphatic carbocycles. The number of ether oxygens (including phenoxy) is 1. The van der Waals surface area contributed by atoms with Gasteiger partial charge in [0.1, 0.15) is 0 Å². The van der Waals surface area contributed by atoms with Gasteiger partial charge in [-0.2, -0.15) is 0 Å². The summed E-state index contributed by atoms with van der Waals surface area (Å²) in [6, 6.07) is 12.0. The average Bonchev–Trinajstić information content (AvgIpc) is 2.44. The molecule has 0 aliphatic heterocycles. The maximum atomic E-state index is 5.00. The van der Waals surface area contributed by atoms with Gasteiger partial charge in [0.05, 0.1) is 12.3 Å². The van der Waals surface area contributed by atoms with Crippen LogP contribution in [-0.4, -0.2) is 30.2 Å². The number of rotatable bonds is 6. The second-order valence-corrected chi connectivity index (χ2v) is 4.36. The fraction of sp³-hybridized carbons (Fsp3) is 0.333. The minimum atomic E-state index is 0.704. The van der Waals surface area contributed by atoms with Gasteiger partial charge in [-0.05, 0) is 13.0 Å². The van der Waals surface area contributed by atoms with Crippen molar-refractivity contribution in [2.45, 2.75) is 13.5 Å². The first-order valence-electron chi connectivity index (χ1n) is 6.39. The van der Waals surface area contributed by atoms with Crippen LogP contribution in [0, 0.1) is 6.92 Å². The Kier molecular flexibility index (Phi) is 5.01. The van der Waals surface area contributed by atoms with Crippen LogP contribution in [0.15, 0.2) is 36.4 Å². The Labute approximate surface area is 113 Å². The third-order valence-electron chi connectivity index (χ3n) is 2.73. The summed E-state index contributed by atoms with van der Waals surface area (Å²) in [4.78, 5) is 9.07. The van der Waals surface area contributed by atoms with E-state index in [1.165, 1.54) is 0 Å². The summed E-state index contributed by atoms with van der Waals surface area (Å²) in [5.41, 5.74) is 3.03. The van der Waals surface area contributed by atoms with Gasteiger partial charge in [-0.1, -0.05) is 30.3 Å². The van der Waals surface area contributed by atoms with Gasteiger partial charge in [-0.3, -0.25) is 0 Å². The molecule has 19 heavy (non-hydrogen) atoms. The summed E-state index contributed by atoms with van der Waals surface area (Å²) in [6.45, 7) is 4.25. The number of hydrogen-bond acceptors (Lipinski definition) is 4. The molecule has 0 saturated carbocycles. The number of benzene rings is 1. The average molecular weight is 257 g/mol. The molecule has 1 aromatic carbocycles. The molecule has 4 nitrogen and oxygen atoms in total. The van der Waals surface area contributed by atoms with E-state index in [0.717, 1.165) is 35.9 Å². The van der Waals surface area contributed by atoms with Crippen molar-refractivity contribution >= 4 is 0 Å². The molecule has 0 amide bonds. The minimum Gasteiger partial charge on any atom is -0.383 e. The lowest BCUT2D eigenvalue weighted by Crippen LogP contribution is -2.19. The van der Waals surface area contributed by atoms with Gasteiger partial charge in [-0.25, -0.2) is 9.97 Å². The first-order chi connectivity index (χ1) is 9.29. The second kappa shape index (κ2) is 6.97. The minimum absolute atomic E-state index is 0.704. The normalized spacial score (nSPS) is 10.6. The molecule has 0 aliphatic rings. The molecular weight excluding hydrogens is 238 g/mol. The predicted molar refractivity (Wildman–Crippen MR) is 75.8 cm³/mol. The van der Waals surface area contributed by atoms with Gasteiger partial charge < -0.3 is 10.1 Å². The van der Waals surface area contributed by atoms with Crippen molar-refractivity contribution in [1.29, 1.82) is 0 Å². The number of methoxy groups -OCH3 is 1. The monoisotopic (exact) mass is 257 g/mol. The Hall–Kier alpha value is -1.78. The largest absolute Gasteiger partial charge is 0.383 e. The van der Waals surface area contributed by atoms with Gasteiger partial charge in [0.2, 0.25) is 0 Å². The summed E-state index contributed by atoms with van der Waals surface area (Å²) < 4.78 is 5.00. The topological polar surface area (TPSA) is 47.0 Å². The Morgan fingerprint density at radius 2 is 1.95 bits per heavy atom. The highest BCUT2D eigenvalue weighted by atomic mass is 16.5. The van der Waals surface area contributed by atoms with E-state index < -0.39 is 0 Å². The molecule has 1 aromatic heterocycles. The molecular formula is C15H19N3O. The first kappa shape index (κ1) is 13.6. The quantitative estimate of drug-likeness (QED) is 0.806. The molecule has 0 atom stereocenters. The molecule has 2 aromatic rings. The zero-order valence-electron chi connectivity index (χ0n) is 11.4. The van der Waals surface area contributed by atoms with Crippen LogP contribution >= 0.6 is 0 Å². The summed E-state index contributed by atoms with van der Waals surface area (Å²) in [7, 11) is 1.70. The molecule has 0 unspecified atom stereocenters. The fourth-order valence-electron chi connectivity index (χ4n) is 1.83. The Balaban J connectivity index is 2.11. The Morgan fingerprint density at radius 3 is 2.68 bits per heavy atom. The molecule has 1 heterocycles. The molecule has 0 spiro atoms. The molecule has 4 heteroatoms. The third kappa shape index (κ3) is 4.12. The number of nitrogens with one attached hydrogen (secondary N) is 1. The van der Waals surface area contributed by atoms with Crippen molar-refractivity contribution in [3.05, 3.63) is 47.8 Å². The van der Waals surface area contributed by atoms with E-state index in [4.69, 9.17) is 4.74 Å². The lowest BCUT2D eigenvalue weighted by Gasteiger charge is -2.07. The standard InChI is InChI=1S/C15H19N3O/c1-12-10-14(11-16-8-9-19-2)18-15(17-12)13-6-4-3-5-7-13/h3-7,10,16H,8-9,11H2,1-2H3. The van der Waals surface area contributed by atoms with Gasteiger partial charge in [0.15, 0.2) is 5.82 Å². The van der Waals surface area contributed by atoms with Crippen LogP contribution in [0.4, 0.5) is 0 Å². The van der Waals surface area contributed by atoms with Gasteiger partial charge >= 0.3 is 0 Å². The second-order valence-electron chi connectivity index (χ2n) is 4.36. The predicted octanol–water partition coefficient (Wildman–Crippen LogP) is 2.19. The lowest BCUT2D eigenvalue weighted by atomic mass is 10.2. The highest BCUT2D eigenvalue weighted by Crippen LogP contribution is 2.15. The van der Waals surface area contributed by atoms with Crippen molar-refractivity contribution in [1.82, 2.24) is 15.3 Å². The number of aryl methyl sites for hydroxylation is 1. The van der Waals surface area contributed by atoms with Gasteiger partial charge in [0.25, 0.3) is 0 Å². The van der Waals surface area contributed by atoms with Crippen molar-refractivity contribution < 1.29 is 4.74 Å². The van der Waals surface area contributed by atoms with Crippen LogP contribution in [0.5, 0.6) is 0 Å². The molecule has 0 saturated heterocycles. The fourth-order valence-corrected chi connectivity index (χ4v) is 1.83.